The van der Waals surface area contributed by atoms with Gasteiger partial charge in [0.1, 0.15) is 11.6 Å². The zero-order valence-electron chi connectivity index (χ0n) is 13.3. The third-order valence-corrected chi connectivity index (χ3v) is 3.72. The molecule has 25 heavy (non-hydrogen) atoms. The van der Waals surface area contributed by atoms with Crippen LogP contribution in [0.15, 0.2) is 36.5 Å². The largest absolute Gasteiger partial charge is 0.416 e. The first kappa shape index (κ1) is 17.1. The molecule has 1 aliphatic rings. The molecule has 0 spiro atoms. The highest BCUT2D eigenvalue weighted by molar-refractivity contribution is 5.71. The first-order chi connectivity index (χ1) is 12.0. The number of fused-ring (bicyclic) bond motifs is 1. The molecule has 0 atom stereocenters. The number of alkyl halides is 3. The van der Waals surface area contributed by atoms with Gasteiger partial charge in [0, 0.05) is 30.9 Å². The molecule has 1 aliphatic heterocycles. The molecule has 0 amide bonds. The fourth-order valence-electron chi connectivity index (χ4n) is 2.54. The summed E-state index contributed by atoms with van der Waals surface area (Å²) in [6.07, 6.45) is -0.673. The number of hydrogen-bond acceptors (Lipinski definition) is 5. The maximum absolute atomic E-state index is 12.9. The van der Waals surface area contributed by atoms with E-state index in [2.05, 4.69) is 20.9 Å². The van der Waals surface area contributed by atoms with E-state index in [0.29, 0.717) is 37.0 Å². The van der Waals surface area contributed by atoms with Crippen LogP contribution in [0.2, 0.25) is 0 Å². The molecule has 1 aromatic carbocycles. The van der Waals surface area contributed by atoms with Gasteiger partial charge in [-0.05, 0) is 42.1 Å². The van der Waals surface area contributed by atoms with E-state index in [-0.39, 0.29) is 0 Å². The SMILES string of the molecule is NCCNc1cc2c(c(Nc3cccc(C(F)(F)F)c3)n1)CNC=C2. The van der Waals surface area contributed by atoms with E-state index in [9.17, 15) is 13.2 Å². The van der Waals surface area contributed by atoms with Crippen molar-refractivity contribution in [1.29, 1.82) is 0 Å². The molecule has 8 heteroatoms. The normalized spacial score (nSPS) is 13.1. The van der Waals surface area contributed by atoms with Crippen molar-refractivity contribution in [3.8, 4) is 0 Å². The van der Waals surface area contributed by atoms with Crippen LogP contribution < -0.4 is 21.7 Å². The predicted octanol–water partition coefficient (Wildman–Crippen LogP) is 3.29. The van der Waals surface area contributed by atoms with Crippen molar-refractivity contribution in [2.24, 2.45) is 5.73 Å². The summed E-state index contributed by atoms with van der Waals surface area (Å²) in [6.45, 7) is 1.54. The van der Waals surface area contributed by atoms with Crippen molar-refractivity contribution in [1.82, 2.24) is 10.3 Å². The monoisotopic (exact) mass is 349 g/mol. The summed E-state index contributed by atoms with van der Waals surface area (Å²) in [4.78, 5) is 4.48. The van der Waals surface area contributed by atoms with Crippen molar-refractivity contribution in [2.45, 2.75) is 12.7 Å². The molecule has 2 heterocycles. The third-order valence-electron chi connectivity index (χ3n) is 3.72. The fraction of sp³-hybridized carbons (Fsp3) is 0.235. The van der Waals surface area contributed by atoms with Crippen LogP contribution in [-0.4, -0.2) is 18.1 Å². The maximum atomic E-state index is 12.9. The lowest BCUT2D eigenvalue weighted by Gasteiger charge is -2.19. The summed E-state index contributed by atoms with van der Waals surface area (Å²) in [5, 5.41) is 9.19. The van der Waals surface area contributed by atoms with Crippen molar-refractivity contribution in [2.75, 3.05) is 23.7 Å². The van der Waals surface area contributed by atoms with E-state index in [0.717, 1.165) is 23.3 Å². The Morgan fingerprint density at radius 1 is 1.24 bits per heavy atom. The standard InChI is InChI=1S/C17H18F3N5/c18-17(19,20)12-2-1-3-13(9-12)24-16-14-10-22-6-4-11(14)8-15(25-16)23-7-5-21/h1-4,6,8-9,22H,5,7,10,21H2,(H2,23,24,25). The minimum atomic E-state index is -4.39. The number of nitrogens with two attached hydrogens (primary N) is 1. The molecule has 5 nitrogen and oxygen atoms in total. The molecule has 0 saturated carbocycles. The molecule has 132 valence electrons. The highest BCUT2D eigenvalue weighted by Gasteiger charge is 2.30. The Hall–Kier alpha value is -2.74. The first-order valence-corrected chi connectivity index (χ1v) is 7.79. The van der Waals surface area contributed by atoms with Crippen molar-refractivity contribution >= 4 is 23.4 Å². The van der Waals surface area contributed by atoms with Gasteiger partial charge in [0.2, 0.25) is 0 Å². The van der Waals surface area contributed by atoms with E-state index >= 15 is 0 Å². The van der Waals surface area contributed by atoms with Gasteiger partial charge in [0.15, 0.2) is 0 Å². The molecule has 0 aliphatic carbocycles. The minimum Gasteiger partial charge on any atom is -0.387 e. The number of nitrogens with one attached hydrogen (secondary N) is 3. The fourth-order valence-corrected chi connectivity index (χ4v) is 2.54. The molecule has 2 aromatic rings. The molecule has 0 saturated heterocycles. The van der Waals surface area contributed by atoms with Crippen LogP contribution in [0, 0.1) is 0 Å². The lowest BCUT2D eigenvalue weighted by molar-refractivity contribution is -0.137. The Kier molecular flexibility index (Phi) is 4.80. The number of aromatic nitrogens is 1. The summed E-state index contributed by atoms with van der Waals surface area (Å²) < 4.78 is 38.7. The highest BCUT2D eigenvalue weighted by Crippen LogP contribution is 2.32. The Balaban J connectivity index is 1.95. The van der Waals surface area contributed by atoms with Gasteiger partial charge in [-0.2, -0.15) is 13.2 Å². The maximum Gasteiger partial charge on any atom is 0.416 e. The second-order valence-electron chi connectivity index (χ2n) is 5.56. The summed E-state index contributed by atoms with van der Waals surface area (Å²) >= 11 is 0. The molecule has 3 rings (SSSR count). The van der Waals surface area contributed by atoms with Crippen LogP contribution in [0.4, 0.5) is 30.5 Å². The molecular formula is C17H18F3N5. The van der Waals surface area contributed by atoms with Crippen LogP contribution in [0.3, 0.4) is 0 Å². The molecule has 0 bridgehead atoms. The Morgan fingerprint density at radius 3 is 2.84 bits per heavy atom. The third kappa shape index (κ3) is 4.03. The molecule has 5 N–H and O–H groups in total. The number of pyridine rings is 1. The minimum absolute atomic E-state index is 0.329. The molecule has 0 radical (unpaired) electrons. The zero-order chi connectivity index (χ0) is 17.9. The van der Waals surface area contributed by atoms with E-state index < -0.39 is 11.7 Å². The van der Waals surface area contributed by atoms with Crippen molar-refractivity contribution in [3.63, 3.8) is 0 Å². The van der Waals surface area contributed by atoms with Crippen molar-refractivity contribution < 1.29 is 13.2 Å². The van der Waals surface area contributed by atoms with Gasteiger partial charge in [0.05, 0.1) is 5.56 Å². The number of hydrogen-bond donors (Lipinski definition) is 4. The van der Waals surface area contributed by atoms with E-state index in [1.54, 1.807) is 6.07 Å². The summed E-state index contributed by atoms with van der Waals surface area (Å²) in [7, 11) is 0. The predicted molar refractivity (Wildman–Crippen MR) is 92.4 cm³/mol. The Bertz CT molecular complexity index is 786. The van der Waals surface area contributed by atoms with Gasteiger partial charge in [-0.3, -0.25) is 0 Å². The van der Waals surface area contributed by atoms with Gasteiger partial charge in [-0.1, -0.05) is 6.07 Å². The van der Waals surface area contributed by atoms with Gasteiger partial charge in [-0.15, -0.1) is 0 Å². The number of benzene rings is 1. The quantitative estimate of drug-likeness (QED) is 0.667. The van der Waals surface area contributed by atoms with Crippen LogP contribution in [-0.2, 0) is 12.7 Å². The van der Waals surface area contributed by atoms with Gasteiger partial charge < -0.3 is 21.7 Å². The van der Waals surface area contributed by atoms with Crippen molar-refractivity contribution in [3.05, 3.63) is 53.2 Å². The molecular weight excluding hydrogens is 331 g/mol. The second kappa shape index (κ2) is 7.02. The Morgan fingerprint density at radius 2 is 2.08 bits per heavy atom. The topological polar surface area (TPSA) is 75.0 Å². The summed E-state index contributed by atoms with van der Waals surface area (Å²) in [5.74, 6) is 1.12. The van der Waals surface area contributed by atoms with Gasteiger partial charge in [-0.25, -0.2) is 4.98 Å². The lowest BCUT2D eigenvalue weighted by atomic mass is 10.1. The van der Waals surface area contributed by atoms with Crippen LogP contribution >= 0.6 is 0 Å². The van der Waals surface area contributed by atoms with E-state index in [4.69, 9.17) is 5.73 Å². The van der Waals surface area contributed by atoms with E-state index in [1.165, 1.54) is 6.07 Å². The highest BCUT2D eigenvalue weighted by atomic mass is 19.4. The van der Waals surface area contributed by atoms with Gasteiger partial charge >= 0.3 is 6.18 Å². The summed E-state index contributed by atoms with van der Waals surface area (Å²) in [5.41, 5.74) is 6.95. The summed E-state index contributed by atoms with van der Waals surface area (Å²) in [6, 6.07) is 6.94. The number of rotatable bonds is 5. The average Bonchev–Trinajstić information content (AvgIpc) is 2.59. The number of nitrogens with zero attached hydrogens (tertiary/aromatic N) is 1. The first-order valence-electron chi connectivity index (χ1n) is 7.79. The van der Waals surface area contributed by atoms with Crippen LogP contribution in [0.5, 0.6) is 0 Å². The van der Waals surface area contributed by atoms with E-state index in [1.807, 2.05) is 18.3 Å². The average molecular weight is 349 g/mol. The molecule has 0 fully saturated rings. The molecule has 1 aromatic heterocycles. The lowest BCUT2D eigenvalue weighted by Crippen LogP contribution is -2.17. The van der Waals surface area contributed by atoms with Crippen LogP contribution in [0.1, 0.15) is 16.7 Å². The molecule has 0 unspecified atom stereocenters. The van der Waals surface area contributed by atoms with Gasteiger partial charge in [0.25, 0.3) is 0 Å². The number of halogens is 3. The second-order valence-corrected chi connectivity index (χ2v) is 5.56. The number of anilines is 3. The van der Waals surface area contributed by atoms with Crippen LogP contribution in [0.25, 0.3) is 6.08 Å². The smallest absolute Gasteiger partial charge is 0.387 e. The Labute approximate surface area is 143 Å². The zero-order valence-corrected chi connectivity index (χ0v) is 13.3.